The number of hydrogen-bond acceptors (Lipinski definition) is 4. The molecule has 2 aromatic carbocycles. The fourth-order valence-corrected chi connectivity index (χ4v) is 3.11. The second-order valence-electron chi connectivity index (χ2n) is 8.66. The number of rotatable bonds is 5. The molecule has 2 aromatic rings. The fourth-order valence-electron chi connectivity index (χ4n) is 3.11. The van der Waals surface area contributed by atoms with Crippen LogP contribution in [0.4, 0.5) is 14.9 Å². The number of halogens is 1. The first-order valence-electron chi connectivity index (χ1n) is 9.77. The molecular formula is C23H24FN3O4. The lowest BCUT2D eigenvalue weighted by Gasteiger charge is -2.22. The van der Waals surface area contributed by atoms with Gasteiger partial charge in [-0.1, -0.05) is 32.9 Å². The summed E-state index contributed by atoms with van der Waals surface area (Å²) in [5.41, 5.74) is -0.692. The summed E-state index contributed by atoms with van der Waals surface area (Å²) in [4.78, 5) is 50.9. The SMILES string of the molecule is CC(C)(C)C(=O)Nc1ccc(C(=O)CN2C(=O)NC(C)(c3ccc(F)cc3)C2=O)cc1. The topological polar surface area (TPSA) is 95.6 Å². The number of Topliss-reactive ketones (excluding diaryl/α,β-unsaturated/α-hetero) is 1. The van der Waals surface area contributed by atoms with Gasteiger partial charge in [-0.3, -0.25) is 19.3 Å². The lowest BCUT2D eigenvalue weighted by Crippen LogP contribution is -2.41. The molecule has 4 amide bonds. The minimum Gasteiger partial charge on any atom is -0.326 e. The highest BCUT2D eigenvalue weighted by molar-refractivity contribution is 6.11. The zero-order valence-corrected chi connectivity index (χ0v) is 17.8. The third-order valence-corrected chi connectivity index (χ3v) is 5.14. The Bertz CT molecular complexity index is 1040. The second kappa shape index (κ2) is 7.94. The Kier molecular flexibility index (Phi) is 5.67. The van der Waals surface area contributed by atoms with Crippen LogP contribution in [0, 0.1) is 11.2 Å². The van der Waals surface area contributed by atoms with Crippen molar-refractivity contribution in [1.82, 2.24) is 10.2 Å². The van der Waals surface area contributed by atoms with E-state index < -0.39 is 41.0 Å². The standard InChI is InChI=1S/C23H24FN3O4/c1-22(2,3)19(29)25-17-11-5-14(6-12-17)18(28)13-27-20(30)23(4,26-21(27)31)15-7-9-16(24)10-8-15/h5-12H,13H2,1-4H3,(H,25,29)(H,26,31). The number of nitrogens with one attached hydrogen (secondary N) is 2. The van der Waals surface area contributed by atoms with E-state index in [0.717, 1.165) is 4.90 Å². The number of benzene rings is 2. The lowest BCUT2D eigenvalue weighted by molar-refractivity contribution is -0.130. The van der Waals surface area contributed by atoms with E-state index in [1.165, 1.54) is 43.3 Å². The van der Waals surface area contributed by atoms with E-state index in [0.29, 0.717) is 16.8 Å². The van der Waals surface area contributed by atoms with Gasteiger partial charge in [-0.05, 0) is 48.9 Å². The van der Waals surface area contributed by atoms with Gasteiger partial charge in [-0.2, -0.15) is 0 Å². The van der Waals surface area contributed by atoms with Crippen LogP contribution in [0.3, 0.4) is 0 Å². The maximum atomic E-state index is 13.2. The molecule has 1 aliphatic rings. The van der Waals surface area contributed by atoms with E-state index in [1.54, 1.807) is 32.9 Å². The summed E-state index contributed by atoms with van der Waals surface area (Å²) in [7, 11) is 0. The maximum Gasteiger partial charge on any atom is 0.325 e. The molecule has 0 spiro atoms. The normalized spacial score (nSPS) is 18.7. The molecule has 0 aromatic heterocycles. The molecule has 7 nitrogen and oxygen atoms in total. The van der Waals surface area contributed by atoms with Crippen LogP contribution in [0.5, 0.6) is 0 Å². The molecule has 1 heterocycles. The van der Waals surface area contributed by atoms with Gasteiger partial charge in [-0.25, -0.2) is 9.18 Å². The van der Waals surface area contributed by atoms with Crippen LogP contribution in [-0.2, 0) is 15.1 Å². The van der Waals surface area contributed by atoms with Crippen LogP contribution in [0.15, 0.2) is 48.5 Å². The number of ketones is 1. The van der Waals surface area contributed by atoms with Gasteiger partial charge in [0.25, 0.3) is 5.91 Å². The Morgan fingerprint density at radius 1 is 1.03 bits per heavy atom. The molecule has 1 aliphatic heterocycles. The van der Waals surface area contributed by atoms with Crippen LogP contribution in [0.1, 0.15) is 43.6 Å². The third kappa shape index (κ3) is 4.47. The van der Waals surface area contributed by atoms with E-state index >= 15 is 0 Å². The van der Waals surface area contributed by atoms with Crippen molar-refractivity contribution in [3.8, 4) is 0 Å². The van der Waals surface area contributed by atoms with Crippen molar-refractivity contribution in [2.45, 2.75) is 33.2 Å². The van der Waals surface area contributed by atoms with Gasteiger partial charge in [0.15, 0.2) is 5.78 Å². The van der Waals surface area contributed by atoms with E-state index in [1.807, 2.05) is 0 Å². The zero-order valence-electron chi connectivity index (χ0n) is 17.8. The average molecular weight is 425 g/mol. The minimum absolute atomic E-state index is 0.161. The first-order valence-corrected chi connectivity index (χ1v) is 9.77. The summed E-state index contributed by atoms with van der Waals surface area (Å²) in [6, 6.07) is 10.8. The molecule has 0 radical (unpaired) electrons. The van der Waals surface area contributed by atoms with Crippen molar-refractivity contribution < 1.29 is 23.6 Å². The molecule has 2 N–H and O–H groups in total. The first-order chi connectivity index (χ1) is 14.4. The average Bonchev–Trinajstić information content (AvgIpc) is 2.92. The van der Waals surface area contributed by atoms with E-state index in [2.05, 4.69) is 10.6 Å². The van der Waals surface area contributed by atoms with Crippen LogP contribution >= 0.6 is 0 Å². The Balaban J connectivity index is 1.71. The summed E-state index contributed by atoms with van der Waals surface area (Å²) in [6.07, 6.45) is 0. The molecule has 3 rings (SSSR count). The molecule has 0 bridgehead atoms. The molecule has 0 saturated carbocycles. The van der Waals surface area contributed by atoms with Gasteiger partial charge >= 0.3 is 6.03 Å². The number of urea groups is 1. The molecule has 1 atom stereocenters. The monoisotopic (exact) mass is 425 g/mol. The van der Waals surface area contributed by atoms with E-state index in [-0.39, 0.29) is 5.91 Å². The predicted molar refractivity (Wildman–Crippen MR) is 113 cm³/mol. The van der Waals surface area contributed by atoms with Gasteiger partial charge < -0.3 is 10.6 Å². The molecule has 0 aliphatic carbocycles. The Hall–Kier alpha value is -3.55. The maximum absolute atomic E-state index is 13.2. The highest BCUT2D eigenvalue weighted by Gasteiger charge is 2.49. The highest BCUT2D eigenvalue weighted by atomic mass is 19.1. The quantitative estimate of drug-likeness (QED) is 0.567. The largest absolute Gasteiger partial charge is 0.326 e. The number of carbonyl (C=O) groups excluding carboxylic acids is 4. The van der Waals surface area contributed by atoms with Crippen LogP contribution in [0.2, 0.25) is 0 Å². The van der Waals surface area contributed by atoms with Gasteiger partial charge in [0.2, 0.25) is 5.91 Å². The van der Waals surface area contributed by atoms with Crippen molar-refractivity contribution in [2.75, 3.05) is 11.9 Å². The van der Waals surface area contributed by atoms with Gasteiger partial charge in [0.1, 0.15) is 11.4 Å². The summed E-state index contributed by atoms with van der Waals surface area (Å²) >= 11 is 0. The number of carbonyl (C=O) groups is 4. The van der Waals surface area contributed by atoms with Crippen LogP contribution in [0.25, 0.3) is 0 Å². The van der Waals surface area contributed by atoms with Crippen molar-refractivity contribution in [3.05, 3.63) is 65.5 Å². The lowest BCUT2D eigenvalue weighted by atomic mass is 9.92. The van der Waals surface area contributed by atoms with Gasteiger partial charge in [0.05, 0.1) is 6.54 Å². The molecule has 162 valence electrons. The van der Waals surface area contributed by atoms with Crippen molar-refractivity contribution in [1.29, 1.82) is 0 Å². The summed E-state index contributed by atoms with van der Waals surface area (Å²) in [5.74, 6) is -1.64. The number of nitrogens with zero attached hydrogens (tertiary/aromatic N) is 1. The number of amides is 4. The molecule has 31 heavy (non-hydrogen) atoms. The first kappa shape index (κ1) is 22.1. The fraction of sp³-hybridized carbons (Fsp3) is 0.304. The Morgan fingerprint density at radius 3 is 2.16 bits per heavy atom. The van der Waals surface area contributed by atoms with Crippen LogP contribution < -0.4 is 10.6 Å². The molecule has 1 saturated heterocycles. The molecule has 8 heteroatoms. The van der Waals surface area contributed by atoms with Crippen molar-refractivity contribution in [2.24, 2.45) is 5.41 Å². The van der Waals surface area contributed by atoms with E-state index in [4.69, 9.17) is 0 Å². The summed E-state index contributed by atoms with van der Waals surface area (Å²) in [5, 5.41) is 5.35. The third-order valence-electron chi connectivity index (χ3n) is 5.14. The summed E-state index contributed by atoms with van der Waals surface area (Å²) < 4.78 is 13.2. The number of anilines is 1. The minimum atomic E-state index is -1.38. The highest BCUT2D eigenvalue weighted by Crippen LogP contribution is 2.29. The number of hydrogen-bond donors (Lipinski definition) is 2. The van der Waals surface area contributed by atoms with Gasteiger partial charge in [0, 0.05) is 16.7 Å². The Labute approximate surface area is 179 Å². The zero-order chi connectivity index (χ0) is 23.0. The van der Waals surface area contributed by atoms with Crippen molar-refractivity contribution in [3.63, 3.8) is 0 Å². The molecule has 1 unspecified atom stereocenters. The number of imide groups is 1. The smallest absolute Gasteiger partial charge is 0.325 e. The van der Waals surface area contributed by atoms with Crippen molar-refractivity contribution >= 4 is 29.3 Å². The van der Waals surface area contributed by atoms with Crippen LogP contribution in [-0.4, -0.2) is 35.1 Å². The molecular weight excluding hydrogens is 401 g/mol. The second-order valence-corrected chi connectivity index (χ2v) is 8.66. The summed E-state index contributed by atoms with van der Waals surface area (Å²) in [6.45, 7) is 6.45. The predicted octanol–water partition coefficient (Wildman–Crippen LogP) is 3.46. The Morgan fingerprint density at radius 2 is 1.61 bits per heavy atom. The van der Waals surface area contributed by atoms with E-state index in [9.17, 15) is 23.6 Å². The van der Waals surface area contributed by atoms with Gasteiger partial charge in [-0.15, -0.1) is 0 Å². The molecule has 1 fully saturated rings.